The van der Waals surface area contributed by atoms with Crippen LogP contribution in [0.4, 0.5) is 30.8 Å². The molecule has 0 bridgehead atoms. The van der Waals surface area contributed by atoms with E-state index in [1.54, 1.807) is 25.4 Å². The average Bonchev–Trinajstić information content (AvgIpc) is 3.36. The number of pyridine rings is 1. The minimum Gasteiger partial charge on any atom is -0.367 e. The van der Waals surface area contributed by atoms with Gasteiger partial charge in [-0.05, 0) is 42.9 Å². The quantitative estimate of drug-likeness (QED) is 0.561. The van der Waals surface area contributed by atoms with Gasteiger partial charge in [0.2, 0.25) is 5.95 Å². The van der Waals surface area contributed by atoms with Crippen LogP contribution < -0.4 is 15.5 Å². The minimum atomic E-state index is -4.25. The molecule has 3 aromatic rings. The summed E-state index contributed by atoms with van der Waals surface area (Å²) in [5.74, 6) is 1.88. The summed E-state index contributed by atoms with van der Waals surface area (Å²) in [6.07, 6.45) is -0.672. The third-order valence-corrected chi connectivity index (χ3v) is 7.39. The molecule has 7 nitrogen and oxygen atoms in total. The maximum atomic E-state index is 12.9. The van der Waals surface area contributed by atoms with E-state index in [-0.39, 0.29) is 10.3 Å². The third-order valence-electron chi connectivity index (χ3n) is 6.36. The summed E-state index contributed by atoms with van der Waals surface area (Å²) in [5, 5.41) is 15.9. The van der Waals surface area contributed by atoms with Crippen molar-refractivity contribution in [3.63, 3.8) is 0 Å². The van der Waals surface area contributed by atoms with Gasteiger partial charge in [-0.15, -0.1) is 11.3 Å². The smallest absolute Gasteiger partial charge is 0.367 e. The minimum absolute atomic E-state index is 0.159. The van der Waals surface area contributed by atoms with Gasteiger partial charge in [0, 0.05) is 37.3 Å². The van der Waals surface area contributed by atoms with Gasteiger partial charge in [0.1, 0.15) is 22.5 Å². The highest BCUT2D eigenvalue weighted by Gasteiger charge is 2.49. The molecule has 5 rings (SSSR count). The Morgan fingerprint density at radius 2 is 2.12 bits per heavy atom. The van der Waals surface area contributed by atoms with Crippen LogP contribution >= 0.6 is 11.3 Å². The second kappa shape index (κ2) is 8.02. The van der Waals surface area contributed by atoms with Crippen LogP contribution in [0.2, 0.25) is 0 Å². The Bertz CT molecular complexity index is 1210. The Morgan fingerprint density at radius 1 is 1.30 bits per heavy atom. The van der Waals surface area contributed by atoms with E-state index in [0.717, 1.165) is 49.5 Å². The summed E-state index contributed by atoms with van der Waals surface area (Å²) < 4.78 is 38.8. The number of fused-ring (bicyclic) bond motifs is 1. The van der Waals surface area contributed by atoms with E-state index in [1.165, 1.54) is 0 Å². The summed E-state index contributed by atoms with van der Waals surface area (Å²) in [6.45, 7) is 1.62. The molecule has 1 aliphatic carbocycles. The first kappa shape index (κ1) is 21.7. The van der Waals surface area contributed by atoms with Crippen LogP contribution in [0.1, 0.15) is 29.7 Å². The van der Waals surface area contributed by atoms with Gasteiger partial charge in [0.15, 0.2) is 0 Å². The first-order valence-corrected chi connectivity index (χ1v) is 11.5. The number of alkyl halides is 3. The van der Waals surface area contributed by atoms with Crippen LogP contribution in [-0.2, 0) is 6.42 Å². The molecule has 1 saturated carbocycles. The molecule has 1 saturated heterocycles. The highest BCUT2D eigenvalue weighted by molar-refractivity contribution is 7.18. The molecule has 0 aromatic carbocycles. The van der Waals surface area contributed by atoms with Gasteiger partial charge >= 0.3 is 6.18 Å². The Kier molecular flexibility index (Phi) is 5.28. The predicted octanol–water partition coefficient (Wildman–Crippen LogP) is 4.58. The zero-order valence-corrected chi connectivity index (χ0v) is 18.7. The molecule has 1 spiro atoms. The molecule has 1 aliphatic heterocycles. The second-order valence-corrected chi connectivity index (χ2v) is 9.92. The van der Waals surface area contributed by atoms with Crippen molar-refractivity contribution in [1.29, 1.82) is 5.26 Å². The fraction of sp³-hybridized carbons (Fsp3) is 0.455. The van der Waals surface area contributed by atoms with Gasteiger partial charge in [-0.2, -0.15) is 23.4 Å². The Morgan fingerprint density at radius 3 is 2.79 bits per heavy atom. The molecular weight excluding hydrogens is 451 g/mol. The summed E-state index contributed by atoms with van der Waals surface area (Å²) in [5.41, 5.74) is 0.688. The van der Waals surface area contributed by atoms with E-state index in [4.69, 9.17) is 5.26 Å². The first-order valence-electron chi connectivity index (χ1n) is 10.7. The van der Waals surface area contributed by atoms with Crippen LogP contribution in [0.25, 0.3) is 10.2 Å². The fourth-order valence-electron chi connectivity index (χ4n) is 4.89. The standard InChI is InChI=1S/C22H22F3N7S/c1-27-20-30-18(16-6-15(9-22(23,24)25)33-19(16)31-20)32-5-4-21(12-32)7-14(8-21)29-17-3-2-13(10-26)11-28-17/h2-3,6,11,14H,4-5,7-9,12H2,1H3,(H,28,29)(H,27,30,31). The van der Waals surface area contributed by atoms with Crippen molar-refractivity contribution in [2.24, 2.45) is 5.41 Å². The van der Waals surface area contributed by atoms with Crippen molar-refractivity contribution < 1.29 is 13.2 Å². The van der Waals surface area contributed by atoms with Crippen LogP contribution in [-0.4, -0.2) is 47.3 Å². The Hall–Kier alpha value is -3.13. The molecule has 2 N–H and O–H groups in total. The van der Waals surface area contributed by atoms with Gasteiger partial charge in [0.05, 0.1) is 17.4 Å². The number of hydrogen-bond donors (Lipinski definition) is 2. The van der Waals surface area contributed by atoms with E-state index in [1.807, 2.05) is 6.07 Å². The molecule has 3 aromatic heterocycles. The molecular formula is C22H22F3N7S. The Balaban J connectivity index is 1.31. The van der Waals surface area contributed by atoms with Crippen molar-refractivity contribution in [2.75, 3.05) is 35.7 Å². The van der Waals surface area contributed by atoms with Crippen molar-refractivity contribution >= 4 is 39.1 Å². The van der Waals surface area contributed by atoms with Gasteiger partial charge in [-0.3, -0.25) is 0 Å². The monoisotopic (exact) mass is 473 g/mol. The van der Waals surface area contributed by atoms with Crippen molar-refractivity contribution in [1.82, 2.24) is 15.0 Å². The summed E-state index contributed by atoms with van der Waals surface area (Å²) in [6, 6.07) is 7.52. The molecule has 4 heterocycles. The summed E-state index contributed by atoms with van der Waals surface area (Å²) in [4.78, 5) is 16.3. The summed E-state index contributed by atoms with van der Waals surface area (Å²) >= 11 is 1.08. The van der Waals surface area contributed by atoms with E-state index >= 15 is 0 Å². The van der Waals surface area contributed by atoms with Crippen LogP contribution in [0, 0.1) is 16.7 Å². The molecule has 172 valence electrons. The average molecular weight is 474 g/mol. The normalized spacial score (nSPS) is 22.4. The zero-order valence-electron chi connectivity index (χ0n) is 17.9. The molecule has 0 amide bonds. The van der Waals surface area contributed by atoms with Gasteiger partial charge in [-0.25, -0.2) is 9.97 Å². The molecule has 2 aliphatic rings. The van der Waals surface area contributed by atoms with Crippen LogP contribution in [0.3, 0.4) is 0 Å². The number of nitriles is 1. The molecule has 0 atom stereocenters. The lowest BCUT2D eigenvalue weighted by molar-refractivity contribution is -0.126. The molecule has 0 radical (unpaired) electrons. The lowest BCUT2D eigenvalue weighted by Crippen LogP contribution is -2.47. The number of rotatable bonds is 5. The fourth-order valence-corrected chi connectivity index (χ4v) is 5.94. The lowest BCUT2D eigenvalue weighted by atomic mass is 9.65. The van der Waals surface area contributed by atoms with E-state index < -0.39 is 12.6 Å². The van der Waals surface area contributed by atoms with Gasteiger partial charge in [0.25, 0.3) is 0 Å². The Labute approximate surface area is 192 Å². The third kappa shape index (κ3) is 4.39. The molecule has 2 fully saturated rings. The number of halogens is 3. The number of hydrogen-bond acceptors (Lipinski definition) is 8. The molecule has 33 heavy (non-hydrogen) atoms. The maximum absolute atomic E-state index is 12.9. The zero-order chi connectivity index (χ0) is 23.2. The summed E-state index contributed by atoms with van der Waals surface area (Å²) in [7, 11) is 1.71. The number of anilines is 3. The van der Waals surface area contributed by atoms with E-state index in [0.29, 0.717) is 33.6 Å². The van der Waals surface area contributed by atoms with E-state index in [2.05, 4.69) is 36.6 Å². The number of nitrogens with one attached hydrogen (secondary N) is 2. The number of thiophene rings is 1. The van der Waals surface area contributed by atoms with Crippen LogP contribution in [0.15, 0.2) is 24.4 Å². The highest BCUT2D eigenvalue weighted by Crippen LogP contribution is 2.50. The number of nitrogens with zero attached hydrogens (tertiary/aromatic N) is 5. The maximum Gasteiger partial charge on any atom is 0.393 e. The number of aromatic nitrogens is 3. The second-order valence-electron chi connectivity index (χ2n) is 8.81. The molecule has 11 heteroatoms. The van der Waals surface area contributed by atoms with Gasteiger partial charge in [-0.1, -0.05) is 0 Å². The predicted molar refractivity (Wildman–Crippen MR) is 122 cm³/mol. The van der Waals surface area contributed by atoms with E-state index in [9.17, 15) is 13.2 Å². The van der Waals surface area contributed by atoms with Crippen molar-refractivity contribution in [2.45, 2.75) is 37.9 Å². The van der Waals surface area contributed by atoms with Crippen molar-refractivity contribution in [3.05, 3.63) is 34.8 Å². The largest absolute Gasteiger partial charge is 0.393 e. The van der Waals surface area contributed by atoms with Gasteiger partial charge < -0.3 is 15.5 Å². The van der Waals surface area contributed by atoms with Crippen molar-refractivity contribution in [3.8, 4) is 6.07 Å². The topological polar surface area (TPSA) is 89.8 Å². The first-order chi connectivity index (χ1) is 15.8. The lowest BCUT2D eigenvalue weighted by Gasteiger charge is -2.45. The molecule has 0 unspecified atom stereocenters. The van der Waals surface area contributed by atoms with Crippen LogP contribution in [0.5, 0.6) is 0 Å². The SMILES string of the molecule is CNc1nc(N2CCC3(CC(Nc4ccc(C#N)cn4)C3)C2)c2cc(CC(F)(F)F)sc2n1. The highest BCUT2D eigenvalue weighted by atomic mass is 32.1.